The standard InChI is InChI=1S/C14H17BrO3/c15-12-7-5-6-11(10-12)13(16)8-3-1-2-4-9-14(17)18/h5-7,10H,1-4,8-9H2,(H,17,18). The molecule has 0 saturated carbocycles. The van der Waals surface area contributed by atoms with E-state index in [-0.39, 0.29) is 12.2 Å². The van der Waals surface area contributed by atoms with Gasteiger partial charge in [0.05, 0.1) is 0 Å². The Morgan fingerprint density at radius 3 is 2.33 bits per heavy atom. The van der Waals surface area contributed by atoms with Gasteiger partial charge >= 0.3 is 5.97 Å². The van der Waals surface area contributed by atoms with Gasteiger partial charge in [-0.3, -0.25) is 9.59 Å². The molecular weight excluding hydrogens is 296 g/mol. The maximum Gasteiger partial charge on any atom is 0.303 e. The molecule has 0 unspecified atom stereocenters. The highest BCUT2D eigenvalue weighted by molar-refractivity contribution is 9.10. The van der Waals surface area contributed by atoms with E-state index in [9.17, 15) is 9.59 Å². The summed E-state index contributed by atoms with van der Waals surface area (Å²) in [5.74, 6) is -0.602. The van der Waals surface area contributed by atoms with E-state index in [0.717, 1.165) is 29.3 Å². The first kappa shape index (κ1) is 14.9. The minimum Gasteiger partial charge on any atom is -0.481 e. The van der Waals surface area contributed by atoms with Crippen LogP contribution >= 0.6 is 15.9 Å². The molecular formula is C14H17BrO3. The summed E-state index contributed by atoms with van der Waals surface area (Å²) in [6, 6.07) is 7.39. The zero-order chi connectivity index (χ0) is 13.4. The smallest absolute Gasteiger partial charge is 0.303 e. The molecule has 1 aromatic rings. The number of carbonyl (C=O) groups is 2. The van der Waals surface area contributed by atoms with Crippen LogP contribution in [-0.4, -0.2) is 16.9 Å². The molecule has 3 nitrogen and oxygen atoms in total. The lowest BCUT2D eigenvalue weighted by Crippen LogP contribution is -1.99. The molecule has 0 atom stereocenters. The summed E-state index contributed by atoms with van der Waals surface area (Å²) in [6.45, 7) is 0. The lowest BCUT2D eigenvalue weighted by molar-refractivity contribution is -0.137. The number of hydrogen-bond donors (Lipinski definition) is 1. The third kappa shape index (κ3) is 5.96. The van der Waals surface area contributed by atoms with E-state index in [1.54, 1.807) is 0 Å². The summed E-state index contributed by atoms with van der Waals surface area (Å²) in [5, 5.41) is 8.47. The fourth-order valence-corrected chi connectivity index (χ4v) is 2.12. The van der Waals surface area contributed by atoms with Crippen LogP contribution in [0.5, 0.6) is 0 Å². The van der Waals surface area contributed by atoms with Gasteiger partial charge in [-0.25, -0.2) is 0 Å². The van der Waals surface area contributed by atoms with Crippen LogP contribution in [-0.2, 0) is 4.79 Å². The molecule has 0 aliphatic rings. The Hall–Kier alpha value is -1.16. The fraction of sp³-hybridized carbons (Fsp3) is 0.429. The van der Waals surface area contributed by atoms with Crippen molar-refractivity contribution in [3.63, 3.8) is 0 Å². The summed E-state index contributed by atoms with van der Waals surface area (Å²) >= 11 is 3.34. The van der Waals surface area contributed by atoms with E-state index >= 15 is 0 Å². The number of ketones is 1. The first-order valence-corrected chi connectivity index (χ1v) is 6.89. The number of carboxylic acids is 1. The highest BCUT2D eigenvalue weighted by atomic mass is 79.9. The Kier molecular flexibility index (Phi) is 6.65. The monoisotopic (exact) mass is 312 g/mol. The predicted molar refractivity (Wildman–Crippen MR) is 73.8 cm³/mol. The van der Waals surface area contributed by atoms with Crippen LogP contribution in [0.2, 0.25) is 0 Å². The van der Waals surface area contributed by atoms with Crippen LogP contribution in [0.15, 0.2) is 28.7 Å². The number of carboxylic acid groups (broad SMARTS) is 1. The number of carbonyl (C=O) groups excluding carboxylic acids is 1. The molecule has 0 aromatic heterocycles. The minimum absolute atomic E-state index is 0.148. The largest absolute Gasteiger partial charge is 0.481 e. The van der Waals surface area contributed by atoms with Crippen molar-refractivity contribution in [2.75, 3.05) is 0 Å². The van der Waals surface area contributed by atoms with Gasteiger partial charge in [-0.15, -0.1) is 0 Å². The van der Waals surface area contributed by atoms with Gasteiger partial charge < -0.3 is 5.11 Å². The first-order valence-electron chi connectivity index (χ1n) is 6.10. The van der Waals surface area contributed by atoms with Gasteiger partial charge in [0.1, 0.15) is 0 Å². The van der Waals surface area contributed by atoms with E-state index in [4.69, 9.17) is 5.11 Å². The number of hydrogen-bond acceptors (Lipinski definition) is 2. The van der Waals surface area contributed by atoms with Crippen molar-refractivity contribution in [2.45, 2.75) is 38.5 Å². The van der Waals surface area contributed by atoms with Crippen LogP contribution in [0.25, 0.3) is 0 Å². The van der Waals surface area contributed by atoms with Crippen LogP contribution in [0.3, 0.4) is 0 Å². The Morgan fingerprint density at radius 1 is 1.06 bits per heavy atom. The van der Waals surface area contributed by atoms with Gasteiger partial charge in [0, 0.05) is 22.9 Å². The molecule has 0 heterocycles. The normalized spacial score (nSPS) is 10.3. The van der Waals surface area contributed by atoms with Crippen molar-refractivity contribution in [2.24, 2.45) is 0 Å². The number of Topliss-reactive ketones (excluding diaryl/α,β-unsaturated/α-hetero) is 1. The molecule has 0 spiro atoms. The summed E-state index contributed by atoms with van der Waals surface area (Å²) in [4.78, 5) is 22.1. The summed E-state index contributed by atoms with van der Waals surface area (Å²) < 4.78 is 0.912. The lowest BCUT2D eigenvalue weighted by atomic mass is 10.0. The molecule has 0 saturated heterocycles. The van der Waals surface area contributed by atoms with Gasteiger partial charge in [0.15, 0.2) is 5.78 Å². The fourth-order valence-electron chi connectivity index (χ4n) is 1.72. The average Bonchev–Trinajstić information content (AvgIpc) is 2.33. The van der Waals surface area contributed by atoms with Crippen molar-refractivity contribution >= 4 is 27.7 Å². The Bertz CT molecular complexity index is 415. The van der Waals surface area contributed by atoms with Crippen LogP contribution in [0.1, 0.15) is 48.9 Å². The molecule has 0 bridgehead atoms. The molecule has 18 heavy (non-hydrogen) atoms. The Labute approximate surface area is 115 Å². The van der Waals surface area contributed by atoms with Crippen LogP contribution in [0, 0.1) is 0 Å². The second-order valence-electron chi connectivity index (χ2n) is 4.24. The van der Waals surface area contributed by atoms with Gasteiger partial charge in [-0.05, 0) is 25.0 Å². The minimum atomic E-state index is -0.750. The van der Waals surface area contributed by atoms with E-state index in [2.05, 4.69) is 15.9 Å². The maximum absolute atomic E-state index is 11.8. The number of unbranched alkanes of at least 4 members (excludes halogenated alkanes) is 3. The number of aliphatic carboxylic acids is 1. The van der Waals surface area contributed by atoms with Crippen LogP contribution < -0.4 is 0 Å². The first-order chi connectivity index (χ1) is 8.59. The average molecular weight is 313 g/mol. The molecule has 0 amide bonds. The van der Waals surface area contributed by atoms with E-state index in [0.29, 0.717) is 12.8 Å². The molecule has 0 fully saturated rings. The summed E-state index contributed by atoms with van der Waals surface area (Å²) in [6.07, 6.45) is 4.06. The second kappa shape index (κ2) is 8.03. The highest BCUT2D eigenvalue weighted by Gasteiger charge is 2.05. The van der Waals surface area contributed by atoms with E-state index in [1.807, 2.05) is 24.3 Å². The highest BCUT2D eigenvalue weighted by Crippen LogP contribution is 2.15. The second-order valence-corrected chi connectivity index (χ2v) is 5.16. The van der Waals surface area contributed by atoms with Gasteiger partial charge in [0.25, 0.3) is 0 Å². The third-order valence-electron chi connectivity index (χ3n) is 2.69. The molecule has 0 radical (unpaired) electrons. The van der Waals surface area contributed by atoms with Gasteiger partial charge in [-0.1, -0.05) is 40.9 Å². The molecule has 4 heteroatoms. The zero-order valence-corrected chi connectivity index (χ0v) is 11.8. The zero-order valence-electron chi connectivity index (χ0n) is 10.2. The van der Waals surface area contributed by atoms with Crippen molar-refractivity contribution in [1.82, 2.24) is 0 Å². The SMILES string of the molecule is O=C(O)CCCCCCC(=O)c1cccc(Br)c1. The van der Waals surface area contributed by atoms with Crippen LogP contribution in [0.4, 0.5) is 0 Å². The van der Waals surface area contributed by atoms with E-state index in [1.165, 1.54) is 0 Å². The molecule has 1 rings (SSSR count). The number of rotatable bonds is 8. The Morgan fingerprint density at radius 2 is 1.72 bits per heavy atom. The topological polar surface area (TPSA) is 54.4 Å². The van der Waals surface area contributed by atoms with Gasteiger partial charge in [-0.2, -0.15) is 0 Å². The molecule has 1 aromatic carbocycles. The van der Waals surface area contributed by atoms with Gasteiger partial charge in [0.2, 0.25) is 0 Å². The number of benzene rings is 1. The van der Waals surface area contributed by atoms with Crippen molar-refractivity contribution in [1.29, 1.82) is 0 Å². The van der Waals surface area contributed by atoms with Crippen molar-refractivity contribution in [3.8, 4) is 0 Å². The number of halogens is 1. The van der Waals surface area contributed by atoms with Crippen molar-refractivity contribution in [3.05, 3.63) is 34.3 Å². The predicted octanol–water partition coefficient (Wildman–Crippen LogP) is 4.06. The Balaban J connectivity index is 2.20. The summed E-state index contributed by atoms with van der Waals surface area (Å²) in [7, 11) is 0. The molecule has 1 N–H and O–H groups in total. The lowest BCUT2D eigenvalue weighted by Gasteiger charge is -2.02. The van der Waals surface area contributed by atoms with Crippen molar-refractivity contribution < 1.29 is 14.7 Å². The summed E-state index contributed by atoms with van der Waals surface area (Å²) in [5.41, 5.74) is 0.731. The third-order valence-corrected chi connectivity index (χ3v) is 3.18. The quantitative estimate of drug-likeness (QED) is 0.582. The molecule has 0 aliphatic carbocycles. The molecule has 0 aliphatic heterocycles. The molecule has 98 valence electrons. The van der Waals surface area contributed by atoms with E-state index < -0.39 is 5.97 Å². The maximum atomic E-state index is 11.8.